The first-order chi connectivity index (χ1) is 8.90. The first kappa shape index (κ1) is 10.5. The van der Waals surface area contributed by atoms with Crippen molar-refractivity contribution in [3.63, 3.8) is 0 Å². The fraction of sp³-hybridized carbons (Fsp3) is 0.889. The standard InChI is InChI=1S/C18H26/c1-2-12-9-11(1)15-5-6-17-13-3-4-14(10-13)18(17)8-7-16(12)15/h1-2,11-18H,3-10H2. The lowest BCUT2D eigenvalue weighted by atomic mass is 9.67. The van der Waals surface area contributed by atoms with Crippen molar-refractivity contribution >= 4 is 0 Å². The Balaban J connectivity index is 1.41. The highest BCUT2D eigenvalue weighted by atomic mass is 14.6. The van der Waals surface area contributed by atoms with Crippen LogP contribution in [0, 0.1) is 47.3 Å². The molecular formula is C18H26. The van der Waals surface area contributed by atoms with Crippen molar-refractivity contribution in [2.75, 3.05) is 0 Å². The van der Waals surface area contributed by atoms with Gasteiger partial charge in [-0.25, -0.2) is 0 Å². The molecule has 0 aromatic rings. The summed E-state index contributed by atoms with van der Waals surface area (Å²) in [4.78, 5) is 0. The van der Waals surface area contributed by atoms with Crippen molar-refractivity contribution < 1.29 is 0 Å². The third-order valence-corrected chi connectivity index (χ3v) is 7.74. The molecule has 0 spiro atoms. The average molecular weight is 242 g/mol. The van der Waals surface area contributed by atoms with Gasteiger partial charge in [-0.15, -0.1) is 0 Å². The maximum absolute atomic E-state index is 2.58. The van der Waals surface area contributed by atoms with Crippen molar-refractivity contribution in [1.29, 1.82) is 0 Å². The smallest absolute Gasteiger partial charge is 0.0196 e. The van der Waals surface area contributed by atoms with Gasteiger partial charge in [-0.05, 0) is 98.7 Å². The van der Waals surface area contributed by atoms with Gasteiger partial charge in [0.15, 0.2) is 0 Å². The SMILES string of the molecule is C1=CC2CC1C1CCC3C4CCC(C4)C3CCC21. The van der Waals surface area contributed by atoms with E-state index >= 15 is 0 Å². The van der Waals surface area contributed by atoms with Gasteiger partial charge in [-0.1, -0.05) is 12.2 Å². The molecule has 0 heterocycles. The van der Waals surface area contributed by atoms with E-state index in [1.807, 2.05) is 0 Å². The molecule has 0 aromatic heterocycles. The highest BCUT2D eigenvalue weighted by Crippen LogP contribution is 2.60. The zero-order valence-electron chi connectivity index (χ0n) is 11.4. The molecule has 8 unspecified atom stereocenters. The summed E-state index contributed by atoms with van der Waals surface area (Å²) in [5.74, 6) is 8.82. The second-order valence-electron chi connectivity index (χ2n) is 8.09. The molecule has 0 aliphatic heterocycles. The van der Waals surface area contributed by atoms with E-state index in [4.69, 9.17) is 0 Å². The molecule has 0 saturated heterocycles. The van der Waals surface area contributed by atoms with Gasteiger partial charge in [0.2, 0.25) is 0 Å². The lowest BCUT2D eigenvalue weighted by molar-refractivity contribution is 0.127. The molecule has 5 aliphatic carbocycles. The van der Waals surface area contributed by atoms with Crippen LogP contribution in [0.4, 0.5) is 0 Å². The van der Waals surface area contributed by atoms with Crippen molar-refractivity contribution in [2.45, 2.75) is 51.4 Å². The van der Waals surface area contributed by atoms with Crippen LogP contribution in [-0.4, -0.2) is 0 Å². The summed E-state index contributed by atoms with van der Waals surface area (Å²) in [6.45, 7) is 0. The second-order valence-corrected chi connectivity index (χ2v) is 8.09. The number of hydrogen-bond acceptors (Lipinski definition) is 0. The molecule has 0 radical (unpaired) electrons. The fourth-order valence-electron chi connectivity index (χ4n) is 7.08. The van der Waals surface area contributed by atoms with Crippen LogP contribution in [0.25, 0.3) is 0 Å². The van der Waals surface area contributed by atoms with E-state index in [1.54, 1.807) is 44.9 Å². The largest absolute Gasteiger partial charge is 0.0848 e. The number of rotatable bonds is 0. The first-order valence-corrected chi connectivity index (χ1v) is 8.58. The first-order valence-electron chi connectivity index (χ1n) is 8.58. The summed E-state index contributed by atoms with van der Waals surface area (Å²) in [5, 5.41) is 0. The summed E-state index contributed by atoms with van der Waals surface area (Å²) in [5.41, 5.74) is 0. The highest BCUT2D eigenvalue weighted by Gasteiger charge is 2.51. The Hall–Kier alpha value is -0.260. The minimum absolute atomic E-state index is 0.996. The van der Waals surface area contributed by atoms with Crippen molar-refractivity contribution in [3.05, 3.63) is 12.2 Å². The Morgan fingerprint density at radius 2 is 1.00 bits per heavy atom. The summed E-state index contributed by atoms with van der Waals surface area (Å²) in [6.07, 6.45) is 17.8. The maximum atomic E-state index is 2.58. The summed E-state index contributed by atoms with van der Waals surface area (Å²) in [6, 6.07) is 0. The molecular weight excluding hydrogens is 216 g/mol. The molecule has 0 heteroatoms. The third kappa shape index (κ3) is 1.28. The molecule has 4 fully saturated rings. The lowest BCUT2D eigenvalue weighted by Crippen LogP contribution is -2.30. The number of fused-ring (bicyclic) bond motifs is 10. The van der Waals surface area contributed by atoms with Crippen LogP contribution in [0.2, 0.25) is 0 Å². The molecule has 0 N–H and O–H groups in total. The molecule has 0 amide bonds. The van der Waals surface area contributed by atoms with E-state index in [-0.39, 0.29) is 0 Å². The Morgan fingerprint density at radius 1 is 0.500 bits per heavy atom. The van der Waals surface area contributed by atoms with E-state index in [0.29, 0.717) is 0 Å². The zero-order chi connectivity index (χ0) is 11.7. The maximum Gasteiger partial charge on any atom is -0.0196 e. The van der Waals surface area contributed by atoms with Crippen LogP contribution >= 0.6 is 0 Å². The Labute approximate surface area is 111 Å². The van der Waals surface area contributed by atoms with Crippen LogP contribution in [0.3, 0.4) is 0 Å². The van der Waals surface area contributed by atoms with E-state index in [9.17, 15) is 0 Å². The Kier molecular flexibility index (Phi) is 2.13. The topological polar surface area (TPSA) is 0 Å². The van der Waals surface area contributed by atoms with Gasteiger partial charge in [0.05, 0.1) is 0 Å². The van der Waals surface area contributed by atoms with Crippen LogP contribution in [0.15, 0.2) is 12.2 Å². The summed E-state index contributed by atoms with van der Waals surface area (Å²) < 4.78 is 0. The number of hydrogen-bond donors (Lipinski definition) is 0. The van der Waals surface area contributed by atoms with E-state index in [2.05, 4.69) is 12.2 Å². The molecule has 18 heavy (non-hydrogen) atoms. The van der Waals surface area contributed by atoms with Crippen molar-refractivity contribution in [2.24, 2.45) is 47.3 Å². The predicted octanol–water partition coefficient (Wildman–Crippen LogP) is 4.66. The second kappa shape index (κ2) is 3.64. The van der Waals surface area contributed by atoms with Crippen LogP contribution in [-0.2, 0) is 0 Å². The fourth-order valence-corrected chi connectivity index (χ4v) is 7.08. The van der Waals surface area contributed by atoms with E-state index < -0.39 is 0 Å². The van der Waals surface area contributed by atoms with E-state index in [0.717, 1.165) is 47.3 Å². The summed E-state index contributed by atoms with van der Waals surface area (Å²) >= 11 is 0. The van der Waals surface area contributed by atoms with Crippen molar-refractivity contribution in [3.8, 4) is 0 Å². The Morgan fingerprint density at radius 3 is 1.56 bits per heavy atom. The van der Waals surface area contributed by atoms with Crippen molar-refractivity contribution in [1.82, 2.24) is 0 Å². The lowest BCUT2D eigenvalue weighted by Gasteiger charge is -2.38. The van der Waals surface area contributed by atoms with Crippen LogP contribution < -0.4 is 0 Å². The normalized spacial score (nSPS) is 60.4. The average Bonchev–Trinajstić information content (AvgIpc) is 3.06. The molecule has 4 saturated carbocycles. The molecule has 4 bridgehead atoms. The highest BCUT2D eigenvalue weighted by molar-refractivity contribution is 5.14. The monoisotopic (exact) mass is 242 g/mol. The molecule has 0 aromatic carbocycles. The van der Waals surface area contributed by atoms with E-state index in [1.165, 1.54) is 6.42 Å². The van der Waals surface area contributed by atoms with Gasteiger partial charge in [0.25, 0.3) is 0 Å². The zero-order valence-corrected chi connectivity index (χ0v) is 11.4. The minimum Gasteiger partial charge on any atom is -0.0848 e. The van der Waals surface area contributed by atoms with Gasteiger partial charge in [0.1, 0.15) is 0 Å². The molecule has 5 aliphatic rings. The molecule has 8 atom stereocenters. The predicted molar refractivity (Wildman–Crippen MR) is 74.0 cm³/mol. The van der Waals surface area contributed by atoms with Crippen LogP contribution in [0.5, 0.6) is 0 Å². The van der Waals surface area contributed by atoms with Gasteiger partial charge < -0.3 is 0 Å². The summed E-state index contributed by atoms with van der Waals surface area (Å²) in [7, 11) is 0. The van der Waals surface area contributed by atoms with Gasteiger partial charge in [-0.2, -0.15) is 0 Å². The van der Waals surface area contributed by atoms with Gasteiger partial charge >= 0.3 is 0 Å². The molecule has 0 nitrogen and oxygen atoms in total. The minimum atomic E-state index is 0.996. The van der Waals surface area contributed by atoms with Gasteiger partial charge in [0, 0.05) is 0 Å². The molecule has 5 rings (SSSR count). The van der Waals surface area contributed by atoms with Gasteiger partial charge in [-0.3, -0.25) is 0 Å². The number of allylic oxidation sites excluding steroid dienone is 2. The van der Waals surface area contributed by atoms with Crippen LogP contribution in [0.1, 0.15) is 51.4 Å². The Bertz CT molecular complexity index is 347. The quantitative estimate of drug-likeness (QED) is 0.542. The molecule has 98 valence electrons. The third-order valence-electron chi connectivity index (χ3n) is 7.74.